The zero-order chi connectivity index (χ0) is 16.4. The van der Waals surface area contributed by atoms with Gasteiger partial charge in [0.25, 0.3) is 0 Å². The van der Waals surface area contributed by atoms with Crippen LogP contribution in [0.4, 0.5) is 10.2 Å². The summed E-state index contributed by atoms with van der Waals surface area (Å²) in [7, 11) is 0. The number of aryl methyl sites for hydroxylation is 1. The molecule has 0 amide bonds. The average Bonchev–Trinajstić information content (AvgIpc) is 2.60. The van der Waals surface area contributed by atoms with Crippen LogP contribution in [0.5, 0.6) is 0 Å². The highest BCUT2D eigenvalue weighted by atomic mass is 79.9. The first-order chi connectivity index (χ1) is 11.0. The van der Waals surface area contributed by atoms with Crippen molar-refractivity contribution in [2.75, 3.05) is 5.73 Å². The predicted octanol–water partition coefficient (Wildman–Crippen LogP) is 3.94. The van der Waals surface area contributed by atoms with Crippen LogP contribution in [0.15, 0.2) is 47.3 Å². The number of hydrogen-bond donors (Lipinski definition) is 2. The molecule has 0 unspecified atom stereocenters. The van der Waals surface area contributed by atoms with Gasteiger partial charge in [-0.05, 0) is 47.1 Å². The van der Waals surface area contributed by atoms with E-state index in [2.05, 4.69) is 36.1 Å². The third-order valence-electron chi connectivity index (χ3n) is 3.32. The Balaban J connectivity index is 2.20. The highest BCUT2D eigenvalue weighted by Crippen LogP contribution is 2.22. The second-order valence-corrected chi connectivity index (χ2v) is 5.75. The van der Waals surface area contributed by atoms with E-state index in [9.17, 15) is 4.39 Å². The predicted molar refractivity (Wildman–Crippen MR) is 91.6 cm³/mol. The van der Waals surface area contributed by atoms with Crippen molar-refractivity contribution in [3.8, 4) is 11.1 Å². The number of halogens is 2. The summed E-state index contributed by atoms with van der Waals surface area (Å²) in [5, 5.41) is 7.52. The molecule has 2 heterocycles. The van der Waals surface area contributed by atoms with Gasteiger partial charge in [0.2, 0.25) is 0 Å². The molecule has 7 heteroatoms. The summed E-state index contributed by atoms with van der Waals surface area (Å²) in [6.07, 6.45) is 4.96. The van der Waals surface area contributed by atoms with E-state index < -0.39 is 0 Å². The zero-order valence-electron chi connectivity index (χ0n) is 12.2. The van der Waals surface area contributed by atoms with Gasteiger partial charge in [0.1, 0.15) is 11.6 Å². The molecule has 116 valence electrons. The number of nitrogen functional groups attached to an aromatic ring is 1. The van der Waals surface area contributed by atoms with Crippen molar-refractivity contribution in [1.29, 1.82) is 0 Å². The van der Waals surface area contributed by atoms with Crippen LogP contribution >= 0.6 is 15.9 Å². The molecule has 0 radical (unpaired) electrons. The zero-order valence-corrected chi connectivity index (χ0v) is 13.8. The van der Waals surface area contributed by atoms with Crippen LogP contribution in [0.1, 0.15) is 5.69 Å². The van der Waals surface area contributed by atoms with Gasteiger partial charge in [-0.3, -0.25) is 15.1 Å². The van der Waals surface area contributed by atoms with Crippen molar-refractivity contribution < 1.29 is 4.39 Å². The molecule has 0 bridgehead atoms. The third kappa shape index (κ3) is 3.29. The molecular formula is C16H13BrFN5. The average molecular weight is 374 g/mol. The molecular weight excluding hydrogens is 361 g/mol. The molecule has 0 saturated heterocycles. The normalized spacial score (nSPS) is 10.6. The summed E-state index contributed by atoms with van der Waals surface area (Å²) in [4.78, 5) is 8.71. The minimum absolute atomic E-state index is 0.301. The first kappa shape index (κ1) is 15.4. The van der Waals surface area contributed by atoms with E-state index in [0.717, 1.165) is 16.6 Å². The van der Waals surface area contributed by atoms with Crippen LogP contribution in [-0.4, -0.2) is 20.2 Å². The Labute approximate surface area is 140 Å². The van der Waals surface area contributed by atoms with E-state index in [0.29, 0.717) is 21.4 Å². The van der Waals surface area contributed by atoms with Gasteiger partial charge in [-0.1, -0.05) is 0 Å². The number of nitrogens with two attached hydrogens (primary N) is 1. The fourth-order valence-corrected chi connectivity index (χ4v) is 2.27. The number of nitrogens with zero attached hydrogens (tertiary/aromatic N) is 3. The van der Waals surface area contributed by atoms with Crippen molar-refractivity contribution in [1.82, 2.24) is 20.2 Å². The Bertz CT molecular complexity index is 937. The smallest absolute Gasteiger partial charge is 0.133 e. The molecule has 2 aromatic heterocycles. The third-order valence-corrected chi connectivity index (χ3v) is 4.32. The molecule has 0 saturated carbocycles. The molecule has 5 nitrogen and oxygen atoms in total. The quantitative estimate of drug-likeness (QED) is 0.676. The molecule has 0 fully saturated rings. The number of benzene rings is 1. The minimum Gasteiger partial charge on any atom is -0.383 e. The van der Waals surface area contributed by atoms with Crippen molar-refractivity contribution >= 4 is 32.7 Å². The Morgan fingerprint density at radius 1 is 1.09 bits per heavy atom. The van der Waals surface area contributed by atoms with Gasteiger partial charge in [-0.2, -0.15) is 5.10 Å². The molecule has 0 aliphatic carbocycles. The van der Waals surface area contributed by atoms with Gasteiger partial charge in [0.05, 0.1) is 21.9 Å². The molecule has 0 atom stereocenters. The first-order valence-electron chi connectivity index (χ1n) is 6.79. The van der Waals surface area contributed by atoms with Crippen LogP contribution < -0.4 is 5.73 Å². The van der Waals surface area contributed by atoms with Crippen molar-refractivity contribution in [3.63, 3.8) is 0 Å². The monoisotopic (exact) mass is 373 g/mol. The number of anilines is 1. The van der Waals surface area contributed by atoms with Gasteiger partial charge < -0.3 is 5.73 Å². The fraction of sp³-hybridized carbons (Fsp3) is 0.0625. The lowest BCUT2D eigenvalue weighted by atomic mass is 10.1. The lowest BCUT2D eigenvalue weighted by Crippen LogP contribution is -1.91. The molecule has 3 rings (SSSR count). The van der Waals surface area contributed by atoms with Crippen LogP contribution in [0.3, 0.4) is 0 Å². The lowest BCUT2D eigenvalue weighted by molar-refractivity contribution is 0.629. The summed E-state index contributed by atoms with van der Waals surface area (Å²) < 4.78 is 14.0. The largest absolute Gasteiger partial charge is 0.383 e. The minimum atomic E-state index is -0.301. The number of pyridine rings is 1. The van der Waals surface area contributed by atoms with Crippen LogP contribution in [0, 0.1) is 12.7 Å². The van der Waals surface area contributed by atoms with E-state index in [1.807, 2.05) is 13.0 Å². The van der Waals surface area contributed by atoms with Crippen molar-refractivity contribution in [2.45, 2.75) is 6.92 Å². The number of aromatic amines is 1. The van der Waals surface area contributed by atoms with Gasteiger partial charge in [-0.15, -0.1) is 0 Å². The van der Waals surface area contributed by atoms with Gasteiger partial charge in [0.15, 0.2) is 0 Å². The Kier molecular flexibility index (Phi) is 4.20. The number of fused-ring (bicyclic) bond motifs is 1. The summed E-state index contributed by atoms with van der Waals surface area (Å²) >= 11 is 3.36. The van der Waals surface area contributed by atoms with Gasteiger partial charge in [0, 0.05) is 28.9 Å². The molecule has 1 aromatic carbocycles. The topological polar surface area (TPSA) is 80.5 Å². The standard InChI is InChI=1S/C16H13BrFN5/c1-9-15(17)16(19)23-22-8-12(7-20-9)11-4-10-5-13(18)2-3-14(10)21-6-11/h2-8,23H,19H2,1H3. The van der Waals surface area contributed by atoms with Crippen LogP contribution in [0.25, 0.3) is 22.0 Å². The van der Waals surface area contributed by atoms with Gasteiger partial charge >= 0.3 is 0 Å². The maximum Gasteiger partial charge on any atom is 0.133 e. The molecule has 0 aliphatic rings. The number of nitrogens with one attached hydrogen (secondary N) is 1. The maximum atomic E-state index is 13.4. The van der Waals surface area contributed by atoms with E-state index in [1.54, 1.807) is 24.7 Å². The van der Waals surface area contributed by atoms with E-state index >= 15 is 0 Å². The highest BCUT2D eigenvalue weighted by molar-refractivity contribution is 9.10. The highest BCUT2D eigenvalue weighted by Gasteiger charge is 2.03. The van der Waals surface area contributed by atoms with Crippen LogP contribution in [-0.2, 0) is 0 Å². The number of hydrogen-bond acceptors (Lipinski definition) is 4. The van der Waals surface area contributed by atoms with E-state index in [4.69, 9.17) is 5.73 Å². The second kappa shape index (κ2) is 6.29. The SMILES string of the molecule is Cc1ncc(-c2cnc3ccc(F)cc3c2)cn[nH]c(N)c1Br. The maximum absolute atomic E-state index is 13.4. The molecule has 3 N–H and O–H groups in total. The van der Waals surface area contributed by atoms with Crippen LogP contribution in [0.2, 0.25) is 0 Å². The Hall–Kier alpha value is -2.54. The lowest BCUT2D eigenvalue weighted by Gasteiger charge is -2.01. The van der Waals surface area contributed by atoms with E-state index in [1.165, 1.54) is 12.1 Å². The summed E-state index contributed by atoms with van der Waals surface area (Å²) in [6, 6.07) is 6.32. The number of H-pyrrole nitrogens is 1. The molecule has 0 spiro atoms. The van der Waals surface area contributed by atoms with E-state index in [-0.39, 0.29) is 5.82 Å². The summed E-state index contributed by atoms with van der Waals surface area (Å²) in [5.74, 6) is 0.0702. The Morgan fingerprint density at radius 2 is 1.87 bits per heavy atom. The molecule has 0 aliphatic heterocycles. The summed E-state index contributed by atoms with van der Waals surface area (Å²) in [6.45, 7) is 1.83. The van der Waals surface area contributed by atoms with Crippen molar-refractivity contribution in [2.24, 2.45) is 0 Å². The van der Waals surface area contributed by atoms with Gasteiger partial charge in [-0.25, -0.2) is 4.39 Å². The Morgan fingerprint density at radius 3 is 2.70 bits per heavy atom. The number of aromatic nitrogens is 4. The summed E-state index contributed by atoms with van der Waals surface area (Å²) in [5.41, 5.74) is 8.77. The first-order valence-corrected chi connectivity index (χ1v) is 7.59. The fourth-order valence-electron chi connectivity index (χ4n) is 2.08. The number of rotatable bonds is 1. The second-order valence-electron chi connectivity index (χ2n) is 4.96. The molecule has 3 aromatic rings. The molecule has 23 heavy (non-hydrogen) atoms. The van der Waals surface area contributed by atoms with Crippen molar-refractivity contribution in [3.05, 3.63) is 58.8 Å².